The second-order valence-corrected chi connectivity index (χ2v) is 5.63. The Balaban J connectivity index is 2.02. The van der Waals surface area contributed by atoms with Gasteiger partial charge in [0.15, 0.2) is 0 Å². The molecule has 0 radical (unpaired) electrons. The van der Waals surface area contributed by atoms with E-state index < -0.39 is 0 Å². The van der Waals surface area contributed by atoms with Gasteiger partial charge in [-0.3, -0.25) is 4.79 Å². The first-order chi connectivity index (χ1) is 9.10. The van der Waals surface area contributed by atoms with E-state index in [0.29, 0.717) is 28.4 Å². The second-order valence-electron chi connectivity index (χ2n) is 5.22. The van der Waals surface area contributed by atoms with E-state index >= 15 is 0 Å². The number of carbonyl (C=O) groups excluding carboxylic acids is 1. The van der Waals surface area contributed by atoms with Crippen LogP contribution in [0.5, 0.6) is 0 Å². The van der Waals surface area contributed by atoms with Gasteiger partial charge in [0.2, 0.25) is 0 Å². The molecule has 1 aliphatic rings. The van der Waals surface area contributed by atoms with Gasteiger partial charge in [0, 0.05) is 18.8 Å². The fourth-order valence-corrected chi connectivity index (χ4v) is 2.43. The molecule has 19 heavy (non-hydrogen) atoms. The van der Waals surface area contributed by atoms with Crippen molar-refractivity contribution in [3.05, 3.63) is 22.8 Å². The molecular weight excluding hydrogens is 262 g/mol. The van der Waals surface area contributed by atoms with E-state index in [2.05, 4.69) is 29.5 Å². The Kier molecular flexibility index (Phi) is 4.64. The molecule has 1 heterocycles. The van der Waals surface area contributed by atoms with E-state index in [9.17, 15) is 4.79 Å². The number of rotatable bonds is 5. The molecule has 0 saturated heterocycles. The number of hydrogen-bond donors (Lipinski definition) is 2. The van der Waals surface area contributed by atoms with Crippen LogP contribution in [-0.2, 0) is 0 Å². The Morgan fingerprint density at radius 1 is 1.53 bits per heavy atom. The van der Waals surface area contributed by atoms with Crippen molar-refractivity contribution in [2.45, 2.75) is 39.2 Å². The van der Waals surface area contributed by atoms with Crippen LogP contribution in [0.4, 0.5) is 5.82 Å². The predicted octanol–water partition coefficient (Wildman–Crippen LogP) is 3.09. The summed E-state index contributed by atoms with van der Waals surface area (Å²) in [5.74, 6) is 1.29. The second kappa shape index (κ2) is 6.24. The van der Waals surface area contributed by atoms with Crippen LogP contribution < -0.4 is 10.6 Å². The highest BCUT2D eigenvalue weighted by Gasteiger charge is 2.27. The topological polar surface area (TPSA) is 54.0 Å². The molecule has 0 bridgehead atoms. The molecule has 5 heteroatoms. The van der Waals surface area contributed by atoms with Crippen LogP contribution in [0.1, 0.15) is 43.5 Å². The lowest BCUT2D eigenvalue weighted by molar-refractivity contribution is 0.0896. The first-order valence-corrected chi connectivity index (χ1v) is 7.18. The predicted molar refractivity (Wildman–Crippen MR) is 77.7 cm³/mol. The lowest BCUT2D eigenvalue weighted by Crippen LogP contribution is -2.43. The van der Waals surface area contributed by atoms with Crippen molar-refractivity contribution >= 4 is 23.3 Å². The fourth-order valence-electron chi connectivity index (χ4n) is 2.25. The SMILES string of the molecule is CCCNc1cc(C(=O)NC2CC(C)C2)c(Cl)cn1. The van der Waals surface area contributed by atoms with Crippen LogP contribution in [0.25, 0.3) is 0 Å². The number of pyridine rings is 1. The molecular formula is C14H20ClN3O. The van der Waals surface area contributed by atoms with Crippen molar-refractivity contribution in [2.75, 3.05) is 11.9 Å². The Labute approximate surface area is 118 Å². The molecule has 1 amide bonds. The lowest BCUT2D eigenvalue weighted by atomic mass is 9.82. The first-order valence-electron chi connectivity index (χ1n) is 6.80. The Morgan fingerprint density at radius 2 is 2.26 bits per heavy atom. The van der Waals surface area contributed by atoms with Gasteiger partial charge in [0.25, 0.3) is 5.91 Å². The molecule has 4 nitrogen and oxygen atoms in total. The van der Waals surface area contributed by atoms with Gasteiger partial charge in [-0.2, -0.15) is 0 Å². The molecule has 0 aromatic carbocycles. The summed E-state index contributed by atoms with van der Waals surface area (Å²) in [6, 6.07) is 2.01. The standard InChI is InChI=1S/C14H20ClN3O/c1-3-4-16-13-7-11(12(15)8-17-13)14(19)18-10-5-9(2)6-10/h7-10H,3-6H2,1-2H3,(H,16,17)(H,18,19). The largest absolute Gasteiger partial charge is 0.370 e. The van der Waals surface area contributed by atoms with Gasteiger partial charge in [0.1, 0.15) is 5.82 Å². The summed E-state index contributed by atoms with van der Waals surface area (Å²) in [5.41, 5.74) is 0.495. The van der Waals surface area contributed by atoms with Gasteiger partial charge < -0.3 is 10.6 Å². The monoisotopic (exact) mass is 281 g/mol. The number of hydrogen-bond acceptors (Lipinski definition) is 3. The van der Waals surface area contributed by atoms with Crippen molar-refractivity contribution < 1.29 is 4.79 Å². The van der Waals surface area contributed by atoms with E-state index in [0.717, 1.165) is 25.8 Å². The van der Waals surface area contributed by atoms with Crippen LogP contribution in [0.3, 0.4) is 0 Å². The molecule has 2 rings (SSSR count). The van der Waals surface area contributed by atoms with Crippen molar-refractivity contribution in [1.82, 2.24) is 10.3 Å². The zero-order valence-electron chi connectivity index (χ0n) is 11.4. The van der Waals surface area contributed by atoms with Crippen LogP contribution >= 0.6 is 11.6 Å². The molecule has 0 atom stereocenters. The van der Waals surface area contributed by atoms with E-state index in [1.54, 1.807) is 6.07 Å². The number of carbonyl (C=O) groups is 1. The van der Waals surface area contributed by atoms with Gasteiger partial charge in [-0.1, -0.05) is 25.4 Å². The molecule has 1 aromatic rings. The fraction of sp³-hybridized carbons (Fsp3) is 0.571. The van der Waals surface area contributed by atoms with Crippen LogP contribution in [-0.4, -0.2) is 23.5 Å². The Hall–Kier alpha value is -1.29. The highest BCUT2D eigenvalue weighted by molar-refractivity contribution is 6.33. The van der Waals surface area contributed by atoms with E-state index in [1.165, 1.54) is 6.20 Å². The zero-order valence-corrected chi connectivity index (χ0v) is 12.1. The van der Waals surface area contributed by atoms with Crippen molar-refractivity contribution in [3.63, 3.8) is 0 Å². The van der Waals surface area contributed by atoms with Crippen LogP contribution in [0, 0.1) is 5.92 Å². The smallest absolute Gasteiger partial charge is 0.253 e. The Morgan fingerprint density at radius 3 is 2.89 bits per heavy atom. The third-order valence-electron chi connectivity index (χ3n) is 3.37. The average molecular weight is 282 g/mol. The molecule has 1 aliphatic carbocycles. The van der Waals surface area contributed by atoms with E-state index in [1.807, 2.05) is 0 Å². The summed E-state index contributed by atoms with van der Waals surface area (Å²) in [4.78, 5) is 16.3. The molecule has 2 N–H and O–H groups in total. The highest BCUT2D eigenvalue weighted by atomic mass is 35.5. The quantitative estimate of drug-likeness (QED) is 0.872. The van der Waals surface area contributed by atoms with E-state index in [4.69, 9.17) is 11.6 Å². The summed E-state index contributed by atoms with van der Waals surface area (Å²) < 4.78 is 0. The van der Waals surface area contributed by atoms with Gasteiger partial charge >= 0.3 is 0 Å². The van der Waals surface area contributed by atoms with Crippen molar-refractivity contribution in [3.8, 4) is 0 Å². The number of amides is 1. The summed E-state index contributed by atoms with van der Waals surface area (Å²) in [6.07, 6.45) is 4.63. The van der Waals surface area contributed by atoms with E-state index in [-0.39, 0.29) is 5.91 Å². The zero-order chi connectivity index (χ0) is 13.8. The van der Waals surface area contributed by atoms with Gasteiger partial charge in [-0.05, 0) is 31.2 Å². The third-order valence-corrected chi connectivity index (χ3v) is 3.67. The average Bonchev–Trinajstić information content (AvgIpc) is 2.35. The normalized spacial score (nSPS) is 21.6. The van der Waals surface area contributed by atoms with Crippen LogP contribution in [0.2, 0.25) is 5.02 Å². The minimum Gasteiger partial charge on any atom is -0.370 e. The molecule has 1 saturated carbocycles. The summed E-state index contributed by atoms with van der Waals surface area (Å²) in [6.45, 7) is 5.10. The third kappa shape index (κ3) is 3.60. The number of aromatic nitrogens is 1. The Bertz CT molecular complexity index is 458. The highest BCUT2D eigenvalue weighted by Crippen LogP contribution is 2.27. The molecule has 104 valence electrons. The summed E-state index contributed by atoms with van der Waals surface area (Å²) in [7, 11) is 0. The molecule has 1 aromatic heterocycles. The summed E-state index contributed by atoms with van der Waals surface area (Å²) >= 11 is 6.05. The maximum Gasteiger partial charge on any atom is 0.253 e. The van der Waals surface area contributed by atoms with Gasteiger partial charge in [-0.25, -0.2) is 4.98 Å². The van der Waals surface area contributed by atoms with Gasteiger partial charge in [0.05, 0.1) is 10.6 Å². The maximum atomic E-state index is 12.2. The first kappa shape index (κ1) is 14.1. The summed E-state index contributed by atoms with van der Waals surface area (Å²) in [5, 5.41) is 6.56. The number of anilines is 1. The van der Waals surface area contributed by atoms with Crippen molar-refractivity contribution in [1.29, 1.82) is 0 Å². The van der Waals surface area contributed by atoms with Crippen LogP contribution in [0.15, 0.2) is 12.3 Å². The number of halogens is 1. The van der Waals surface area contributed by atoms with Gasteiger partial charge in [-0.15, -0.1) is 0 Å². The number of nitrogens with one attached hydrogen (secondary N) is 2. The molecule has 0 aliphatic heterocycles. The van der Waals surface area contributed by atoms with Crippen molar-refractivity contribution in [2.24, 2.45) is 5.92 Å². The minimum absolute atomic E-state index is 0.108. The molecule has 0 spiro atoms. The molecule has 1 fully saturated rings. The lowest BCUT2D eigenvalue weighted by Gasteiger charge is -2.33. The maximum absolute atomic E-state index is 12.2. The molecule has 0 unspecified atom stereocenters. The number of nitrogens with zero attached hydrogens (tertiary/aromatic N) is 1. The minimum atomic E-state index is -0.108.